The molecule has 2 aliphatic rings. The summed E-state index contributed by atoms with van der Waals surface area (Å²) in [5.74, 6) is -1.90. The molecule has 2 saturated heterocycles. The van der Waals surface area contributed by atoms with Gasteiger partial charge >= 0.3 is 12.1 Å². The first-order valence-corrected chi connectivity index (χ1v) is 14.7. The van der Waals surface area contributed by atoms with E-state index in [4.69, 9.17) is 4.74 Å². The van der Waals surface area contributed by atoms with Crippen molar-refractivity contribution in [1.82, 2.24) is 15.5 Å². The number of hydrogen-bond acceptors (Lipinski definition) is 6. The van der Waals surface area contributed by atoms with Gasteiger partial charge in [0.05, 0.1) is 0 Å². The molecule has 3 amide bonds. The van der Waals surface area contributed by atoms with E-state index in [9.17, 15) is 24.3 Å². The van der Waals surface area contributed by atoms with Gasteiger partial charge in [-0.2, -0.15) is 0 Å². The molecular weight excluding hydrogens is 494 g/mol. The summed E-state index contributed by atoms with van der Waals surface area (Å²) in [7, 11) is 0. The van der Waals surface area contributed by atoms with Gasteiger partial charge in [-0.15, -0.1) is 11.8 Å². The number of nitrogens with zero attached hydrogens (tertiary/aromatic N) is 1. The van der Waals surface area contributed by atoms with Crippen LogP contribution in [0.1, 0.15) is 112 Å². The molecule has 0 radical (unpaired) electrons. The Hall–Kier alpha value is -1.97. The van der Waals surface area contributed by atoms with E-state index in [1.165, 1.54) is 55.2 Å². The molecule has 0 aromatic rings. The van der Waals surface area contributed by atoms with Crippen LogP contribution in [0.2, 0.25) is 0 Å². The maximum absolute atomic E-state index is 13.2. The molecule has 4 atom stereocenters. The number of unbranched alkanes of at least 4 members (excludes halogenated alkanes) is 9. The first-order chi connectivity index (χ1) is 17.3. The number of carbonyl (C=O) groups excluding carboxylic acids is 3. The summed E-state index contributed by atoms with van der Waals surface area (Å²) < 4.78 is 4.68. The van der Waals surface area contributed by atoms with Gasteiger partial charge in [0, 0.05) is 4.75 Å². The standard InChI is InChI=1S/C27H47N3O6S/c1-7-8-9-10-11-12-13-14-15-16-17-18(28-25(35)36-26(2,3)4)21(31)29-19-22(32)30-20(24(33)34)27(5,6)37-23(19)30/h18-20,23H,7-17H2,1-6H3,(H,28,35)(H,29,31)(H,33,34)/t18?,19-,20+,23-/m1/s1. The number of carboxylic acids is 1. The number of ether oxygens (including phenoxy) is 1. The highest BCUT2D eigenvalue weighted by Crippen LogP contribution is 2.50. The second-order valence-corrected chi connectivity index (χ2v) is 13.5. The van der Waals surface area contributed by atoms with Crippen molar-refractivity contribution in [2.75, 3.05) is 0 Å². The van der Waals surface area contributed by atoms with Gasteiger partial charge in [0.25, 0.3) is 0 Å². The maximum atomic E-state index is 13.2. The molecule has 2 fully saturated rings. The van der Waals surface area contributed by atoms with Gasteiger partial charge in [-0.1, -0.05) is 71.1 Å². The van der Waals surface area contributed by atoms with Crippen molar-refractivity contribution in [2.45, 2.75) is 146 Å². The quantitative estimate of drug-likeness (QED) is 0.200. The highest BCUT2D eigenvalue weighted by Gasteiger charge is 2.64. The Labute approximate surface area is 226 Å². The van der Waals surface area contributed by atoms with Crippen LogP contribution in [0.15, 0.2) is 0 Å². The van der Waals surface area contributed by atoms with Gasteiger partial charge in [0.1, 0.15) is 29.1 Å². The minimum Gasteiger partial charge on any atom is -0.480 e. The Kier molecular flexibility index (Phi) is 11.6. The molecular formula is C27H47N3O6S. The zero-order chi connectivity index (χ0) is 27.8. The lowest BCUT2D eigenvalue weighted by molar-refractivity contribution is -0.161. The second kappa shape index (κ2) is 13.7. The van der Waals surface area contributed by atoms with Crippen molar-refractivity contribution < 1.29 is 29.0 Å². The number of carbonyl (C=O) groups is 4. The Bertz CT molecular complexity index is 812. The summed E-state index contributed by atoms with van der Waals surface area (Å²) in [6.07, 6.45) is 11.3. The smallest absolute Gasteiger partial charge is 0.408 e. The van der Waals surface area contributed by atoms with Crippen molar-refractivity contribution >= 4 is 35.6 Å². The fraction of sp³-hybridized carbons (Fsp3) is 0.852. The first kappa shape index (κ1) is 31.2. The molecule has 0 bridgehead atoms. The van der Waals surface area contributed by atoms with Crippen molar-refractivity contribution in [1.29, 1.82) is 0 Å². The van der Waals surface area contributed by atoms with Crippen molar-refractivity contribution in [3.05, 3.63) is 0 Å². The number of thioether (sulfide) groups is 1. The Morgan fingerprint density at radius 1 is 1.03 bits per heavy atom. The summed E-state index contributed by atoms with van der Waals surface area (Å²) in [5.41, 5.74) is -0.704. The molecule has 10 heteroatoms. The van der Waals surface area contributed by atoms with E-state index in [1.807, 2.05) is 0 Å². The van der Waals surface area contributed by atoms with Crippen molar-refractivity contribution in [2.24, 2.45) is 0 Å². The third-order valence-corrected chi connectivity index (χ3v) is 8.40. The fourth-order valence-electron chi connectivity index (χ4n) is 4.95. The maximum Gasteiger partial charge on any atom is 0.408 e. The molecule has 37 heavy (non-hydrogen) atoms. The normalized spacial score (nSPS) is 23.1. The molecule has 1 unspecified atom stereocenters. The molecule has 0 spiro atoms. The number of aliphatic carboxylic acids is 1. The number of carboxylic acid groups (broad SMARTS) is 1. The second-order valence-electron chi connectivity index (χ2n) is 11.8. The minimum atomic E-state index is -1.05. The number of rotatable bonds is 15. The van der Waals surface area contributed by atoms with Gasteiger partial charge < -0.3 is 25.4 Å². The molecule has 0 aliphatic carbocycles. The predicted molar refractivity (Wildman–Crippen MR) is 145 cm³/mol. The van der Waals surface area contributed by atoms with Crippen LogP contribution >= 0.6 is 11.8 Å². The molecule has 0 aromatic carbocycles. The lowest BCUT2D eigenvalue weighted by Crippen LogP contribution is -2.71. The zero-order valence-electron chi connectivity index (χ0n) is 23.4. The number of alkyl carbamates (subject to hydrolysis) is 1. The Balaban J connectivity index is 1.89. The molecule has 2 rings (SSSR count). The highest BCUT2D eigenvalue weighted by molar-refractivity contribution is 8.01. The lowest BCUT2D eigenvalue weighted by Gasteiger charge is -2.44. The van der Waals surface area contributed by atoms with Crippen LogP contribution in [-0.4, -0.2) is 67.7 Å². The monoisotopic (exact) mass is 541 g/mol. The van der Waals surface area contributed by atoms with Crippen molar-refractivity contribution in [3.63, 3.8) is 0 Å². The van der Waals surface area contributed by atoms with E-state index in [2.05, 4.69) is 17.6 Å². The molecule has 2 heterocycles. The summed E-state index contributed by atoms with van der Waals surface area (Å²) in [4.78, 5) is 51.5. The molecule has 212 valence electrons. The lowest BCUT2D eigenvalue weighted by atomic mass is 9.95. The third-order valence-electron chi connectivity index (χ3n) is 6.83. The third kappa shape index (κ3) is 9.07. The summed E-state index contributed by atoms with van der Waals surface area (Å²) in [5, 5.41) is 14.6. The van der Waals surface area contributed by atoms with Gasteiger partial charge in [-0.25, -0.2) is 9.59 Å². The number of β-lactam (4-membered cyclic amide) rings is 1. The summed E-state index contributed by atoms with van der Waals surface area (Å²) >= 11 is 1.37. The average molecular weight is 542 g/mol. The van der Waals surface area contributed by atoms with E-state index in [1.54, 1.807) is 34.6 Å². The summed E-state index contributed by atoms with van der Waals surface area (Å²) in [6.45, 7) is 11.1. The Morgan fingerprint density at radius 3 is 2.08 bits per heavy atom. The minimum absolute atomic E-state index is 0.404. The first-order valence-electron chi connectivity index (χ1n) is 13.8. The molecule has 2 aliphatic heterocycles. The topological polar surface area (TPSA) is 125 Å². The average Bonchev–Trinajstić information content (AvgIpc) is 3.04. The van der Waals surface area contributed by atoms with E-state index in [0.717, 1.165) is 25.7 Å². The SMILES string of the molecule is CCCCCCCCCCCCC(NC(=O)OC(C)(C)C)C(=O)N[C@@H]1C(=O)N2[C@@H]1SC(C)(C)[C@@H]2C(=O)O. The largest absolute Gasteiger partial charge is 0.480 e. The number of nitrogens with one attached hydrogen (secondary N) is 2. The van der Waals surface area contributed by atoms with Gasteiger partial charge in [0.2, 0.25) is 11.8 Å². The number of hydrogen-bond donors (Lipinski definition) is 3. The zero-order valence-corrected chi connectivity index (χ0v) is 24.2. The van der Waals surface area contributed by atoms with Crippen LogP contribution < -0.4 is 10.6 Å². The van der Waals surface area contributed by atoms with Crippen LogP contribution in [-0.2, 0) is 19.1 Å². The van der Waals surface area contributed by atoms with Gasteiger partial charge in [-0.05, 0) is 41.0 Å². The van der Waals surface area contributed by atoms with E-state index >= 15 is 0 Å². The molecule has 0 aromatic heterocycles. The van der Waals surface area contributed by atoms with E-state index in [0.29, 0.717) is 6.42 Å². The van der Waals surface area contributed by atoms with Gasteiger partial charge in [0.15, 0.2) is 0 Å². The number of fused-ring (bicyclic) bond motifs is 1. The molecule has 0 saturated carbocycles. The van der Waals surface area contributed by atoms with Crippen LogP contribution in [0.5, 0.6) is 0 Å². The van der Waals surface area contributed by atoms with Crippen LogP contribution in [0, 0.1) is 0 Å². The number of amides is 3. The van der Waals surface area contributed by atoms with E-state index in [-0.39, 0.29) is 0 Å². The highest BCUT2D eigenvalue weighted by atomic mass is 32.2. The van der Waals surface area contributed by atoms with Crippen LogP contribution in [0.4, 0.5) is 4.79 Å². The fourth-order valence-corrected chi connectivity index (χ4v) is 6.58. The molecule has 9 nitrogen and oxygen atoms in total. The van der Waals surface area contributed by atoms with Crippen molar-refractivity contribution in [3.8, 4) is 0 Å². The van der Waals surface area contributed by atoms with Gasteiger partial charge in [-0.3, -0.25) is 9.59 Å². The predicted octanol–water partition coefficient (Wildman–Crippen LogP) is 4.82. The van der Waals surface area contributed by atoms with Crippen LogP contribution in [0.3, 0.4) is 0 Å². The summed E-state index contributed by atoms with van der Waals surface area (Å²) in [6, 6.07) is -2.58. The van der Waals surface area contributed by atoms with Crippen LogP contribution in [0.25, 0.3) is 0 Å². The Morgan fingerprint density at radius 2 is 1.57 bits per heavy atom. The molecule has 3 N–H and O–H groups in total. The van der Waals surface area contributed by atoms with E-state index < -0.39 is 57.7 Å².